The lowest BCUT2D eigenvalue weighted by atomic mass is 9.90. The van der Waals surface area contributed by atoms with E-state index < -0.39 is 17.5 Å². The van der Waals surface area contributed by atoms with Crippen molar-refractivity contribution in [2.75, 3.05) is 7.11 Å². The molecule has 6 heteroatoms. The predicted octanol–water partition coefficient (Wildman–Crippen LogP) is 1.71. The number of halogens is 1. The molecular formula is C12H13ClN2O3. The van der Waals surface area contributed by atoms with E-state index in [1.54, 1.807) is 19.1 Å². The van der Waals surface area contributed by atoms with Gasteiger partial charge in [-0.05, 0) is 31.5 Å². The third kappa shape index (κ3) is 1.80. The van der Waals surface area contributed by atoms with Crippen LogP contribution in [-0.2, 0) is 10.3 Å². The third-order valence-corrected chi connectivity index (χ3v) is 3.25. The number of imide groups is 1. The van der Waals surface area contributed by atoms with Crippen LogP contribution in [0.4, 0.5) is 4.79 Å². The predicted molar refractivity (Wildman–Crippen MR) is 66.8 cm³/mol. The number of amides is 3. The minimum Gasteiger partial charge on any atom is -0.496 e. The quantitative estimate of drug-likeness (QED) is 0.803. The van der Waals surface area contributed by atoms with E-state index in [2.05, 4.69) is 10.6 Å². The second kappa shape index (κ2) is 4.17. The second-order valence-corrected chi connectivity index (χ2v) is 4.77. The lowest BCUT2D eigenvalue weighted by Gasteiger charge is -2.24. The first-order valence-electron chi connectivity index (χ1n) is 5.36. The summed E-state index contributed by atoms with van der Waals surface area (Å²) in [6.07, 6.45) is 0. The van der Waals surface area contributed by atoms with Gasteiger partial charge in [0, 0.05) is 10.6 Å². The molecule has 5 nitrogen and oxygen atoms in total. The molecule has 18 heavy (non-hydrogen) atoms. The van der Waals surface area contributed by atoms with Crippen LogP contribution >= 0.6 is 11.6 Å². The van der Waals surface area contributed by atoms with Gasteiger partial charge in [0.05, 0.1) is 7.11 Å². The molecule has 1 aromatic rings. The first kappa shape index (κ1) is 12.7. The first-order chi connectivity index (χ1) is 8.38. The average molecular weight is 269 g/mol. The second-order valence-electron chi connectivity index (χ2n) is 4.34. The van der Waals surface area contributed by atoms with Crippen LogP contribution < -0.4 is 15.4 Å². The molecule has 0 radical (unpaired) electrons. The molecule has 1 saturated heterocycles. The normalized spacial score (nSPS) is 22.7. The van der Waals surface area contributed by atoms with Crippen molar-refractivity contribution in [2.45, 2.75) is 19.4 Å². The molecule has 2 N–H and O–H groups in total. The van der Waals surface area contributed by atoms with Gasteiger partial charge >= 0.3 is 6.03 Å². The van der Waals surface area contributed by atoms with Gasteiger partial charge in [-0.25, -0.2) is 4.79 Å². The minimum absolute atomic E-state index is 0.424. The summed E-state index contributed by atoms with van der Waals surface area (Å²) in [4.78, 5) is 23.2. The number of urea groups is 1. The molecule has 0 bridgehead atoms. The first-order valence-corrected chi connectivity index (χ1v) is 5.74. The molecular weight excluding hydrogens is 256 g/mol. The molecule has 2 rings (SSSR count). The van der Waals surface area contributed by atoms with Crippen molar-refractivity contribution < 1.29 is 14.3 Å². The molecule has 0 spiro atoms. The Morgan fingerprint density at radius 3 is 2.50 bits per heavy atom. The topological polar surface area (TPSA) is 67.4 Å². The van der Waals surface area contributed by atoms with Gasteiger partial charge in [-0.15, -0.1) is 0 Å². The summed E-state index contributed by atoms with van der Waals surface area (Å²) in [5, 5.41) is 5.28. The molecule has 0 saturated carbocycles. The van der Waals surface area contributed by atoms with Gasteiger partial charge < -0.3 is 10.1 Å². The maximum Gasteiger partial charge on any atom is 0.322 e. The zero-order chi connectivity index (χ0) is 13.5. The Balaban J connectivity index is 2.63. The Labute approximate surface area is 109 Å². The van der Waals surface area contributed by atoms with Gasteiger partial charge in [0.15, 0.2) is 0 Å². The third-order valence-electron chi connectivity index (χ3n) is 3.03. The van der Waals surface area contributed by atoms with E-state index in [0.29, 0.717) is 16.3 Å². The summed E-state index contributed by atoms with van der Waals surface area (Å²) in [6.45, 7) is 3.44. The standard InChI is InChI=1S/C12H13ClN2O3/c1-6-4-7(13)5-8(9(6)18-3)12(2)10(16)14-11(17)15-12/h4-5H,1-3H3,(H2,14,15,16,17). The highest BCUT2D eigenvalue weighted by atomic mass is 35.5. The number of ether oxygens (including phenoxy) is 1. The van der Waals surface area contributed by atoms with Gasteiger partial charge in [-0.2, -0.15) is 0 Å². The summed E-state index contributed by atoms with van der Waals surface area (Å²) in [7, 11) is 1.51. The molecule has 1 unspecified atom stereocenters. The Morgan fingerprint density at radius 2 is 2.00 bits per heavy atom. The summed E-state index contributed by atoms with van der Waals surface area (Å²) in [5.41, 5.74) is 0.173. The van der Waals surface area contributed by atoms with Crippen molar-refractivity contribution >= 4 is 23.5 Å². The number of methoxy groups -OCH3 is 1. The number of aryl methyl sites for hydroxylation is 1. The summed E-state index contributed by atoms with van der Waals surface area (Å²) >= 11 is 6.00. The van der Waals surface area contributed by atoms with Crippen molar-refractivity contribution in [2.24, 2.45) is 0 Å². The van der Waals surface area contributed by atoms with Gasteiger partial charge in [0.1, 0.15) is 11.3 Å². The Hall–Kier alpha value is -1.75. The Morgan fingerprint density at radius 1 is 1.33 bits per heavy atom. The average Bonchev–Trinajstić information content (AvgIpc) is 2.52. The van der Waals surface area contributed by atoms with E-state index in [0.717, 1.165) is 5.56 Å². The number of benzene rings is 1. The number of carbonyl (C=O) groups is 2. The molecule has 1 atom stereocenters. The SMILES string of the molecule is COc1c(C)cc(Cl)cc1C1(C)NC(=O)NC1=O. The van der Waals surface area contributed by atoms with E-state index in [1.165, 1.54) is 7.11 Å². The fourth-order valence-corrected chi connectivity index (χ4v) is 2.38. The monoisotopic (exact) mass is 268 g/mol. The molecule has 96 valence electrons. The summed E-state index contributed by atoms with van der Waals surface area (Å²) < 4.78 is 5.30. The van der Waals surface area contributed by atoms with Crippen LogP contribution in [0.2, 0.25) is 5.02 Å². The van der Waals surface area contributed by atoms with E-state index in [4.69, 9.17) is 16.3 Å². The Kier molecular flexibility index (Phi) is 2.94. The lowest BCUT2D eigenvalue weighted by Crippen LogP contribution is -2.41. The number of hydrogen-bond acceptors (Lipinski definition) is 3. The molecule has 1 heterocycles. The number of nitrogens with one attached hydrogen (secondary N) is 2. The molecule has 1 aromatic carbocycles. The Bertz CT molecular complexity index is 544. The fourth-order valence-electron chi connectivity index (χ4n) is 2.11. The van der Waals surface area contributed by atoms with Crippen LogP contribution in [0.1, 0.15) is 18.1 Å². The minimum atomic E-state index is -1.17. The molecule has 0 aliphatic carbocycles. The van der Waals surface area contributed by atoms with E-state index in [1.807, 2.05) is 6.92 Å². The zero-order valence-corrected chi connectivity index (χ0v) is 11.0. The van der Waals surface area contributed by atoms with Crippen LogP contribution in [0, 0.1) is 6.92 Å². The van der Waals surface area contributed by atoms with Crippen molar-refractivity contribution in [1.29, 1.82) is 0 Å². The van der Waals surface area contributed by atoms with Crippen LogP contribution in [-0.4, -0.2) is 19.0 Å². The largest absolute Gasteiger partial charge is 0.496 e. The highest BCUT2D eigenvalue weighted by molar-refractivity contribution is 6.30. The molecule has 1 aliphatic rings. The smallest absolute Gasteiger partial charge is 0.322 e. The van der Waals surface area contributed by atoms with Gasteiger partial charge in [0.2, 0.25) is 0 Å². The van der Waals surface area contributed by atoms with Crippen molar-refractivity contribution in [3.05, 3.63) is 28.3 Å². The number of rotatable bonds is 2. The number of carbonyl (C=O) groups excluding carboxylic acids is 2. The number of hydrogen-bond donors (Lipinski definition) is 2. The summed E-state index contributed by atoms with van der Waals surface area (Å²) in [6, 6.07) is 2.84. The van der Waals surface area contributed by atoms with E-state index in [9.17, 15) is 9.59 Å². The fraction of sp³-hybridized carbons (Fsp3) is 0.333. The van der Waals surface area contributed by atoms with E-state index >= 15 is 0 Å². The van der Waals surface area contributed by atoms with Crippen LogP contribution in [0.15, 0.2) is 12.1 Å². The van der Waals surface area contributed by atoms with Gasteiger partial charge in [-0.1, -0.05) is 11.6 Å². The lowest BCUT2D eigenvalue weighted by molar-refractivity contribution is -0.123. The van der Waals surface area contributed by atoms with E-state index in [-0.39, 0.29) is 0 Å². The molecule has 1 fully saturated rings. The van der Waals surface area contributed by atoms with Gasteiger partial charge in [0.25, 0.3) is 5.91 Å². The van der Waals surface area contributed by atoms with Crippen molar-refractivity contribution in [3.63, 3.8) is 0 Å². The van der Waals surface area contributed by atoms with Crippen molar-refractivity contribution in [1.82, 2.24) is 10.6 Å². The van der Waals surface area contributed by atoms with Gasteiger partial charge in [-0.3, -0.25) is 10.1 Å². The van der Waals surface area contributed by atoms with Crippen LogP contribution in [0.5, 0.6) is 5.75 Å². The zero-order valence-electron chi connectivity index (χ0n) is 10.3. The van der Waals surface area contributed by atoms with Crippen LogP contribution in [0.3, 0.4) is 0 Å². The highest BCUT2D eigenvalue weighted by Crippen LogP contribution is 2.36. The van der Waals surface area contributed by atoms with Crippen LogP contribution in [0.25, 0.3) is 0 Å². The van der Waals surface area contributed by atoms with Crippen molar-refractivity contribution in [3.8, 4) is 5.75 Å². The maximum absolute atomic E-state index is 11.9. The highest BCUT2D eigenvalue weighted by Gasteiger charge is 2.45. The molecule has 3 amide bonds. The molecule has 0 aromatic heterocycles. The molecule has 1 aliphatic heterocycles. The maximum atomic E-state index is 11.9. The summed E-state index contributed by atoms with van der Waals surface area (Å²) in [5.74, 6) is 0.117.